The Bertz CT molecular complexity index is 1790. The van der Waals surface area contributed by atoms with Gasteiger partial charge >= 0.3 is 11.9 Å². The van der Waals surface area contributed by atoms with Crippen molar-refractivity contribution in [1.29, 1.82) is 10.5 Å². The van der Waals surface area contributed by atoms with E-state index >= 15 is 0 Å². The van der Waals surface area contributed by atoms with Crippen LogP contribution >= 0.6 is 23.4 Å². The van der Waals surface area contributed by atoms with Gasteiger partial charge in [-0.05, 0) is 42.0 Å². The summed E-state index contributed by atoms with van der Waals surface area (Å²) >= 11 is 7.19. The van der Waals surface area contributed by atoms with E-state index in [2.05, 4.69) is 22.1 Å². The van der Waals surface area contributed by atoms with Crippen molar-refractivity contribution in [3.8, 4) is 40.5 Å². The Morgan fingerprint density at radius 1 is 0.915 bits per heavy atom. The van der Waals surface area contributed by atoms with Crippen LogP contribution < -0.4 is 21.9 Å². The first-order valence-corrected chi connectivity index (χ1v) is 15.6. The fourth-order valence-electron chi connectivity index (χ4n) is 4.19. The number of rotatable bonds is 15. The summed E-state index contributed by atoms with van der Waals surface area (Å²) in [6, 6.07) is 17.8. The molecule has 0 aliphatic heterocycles. The molecule has 13 nitrogen and oxygen atoms in total. The number of nitrogen functional groups attached to an aromatic ring is 1. The minimum Gasteiger partial charge on any atom is -0.490 e. The van der Waals surface area contributed by atoms with Crippen LogP contribution in [0.4, 0.5) is 5.82 Å². The van der Waals surface area contributed by atoms with E-state index in [1.54, 1.807) is 48.5 Å². The lowest BCUT2D eigenvalue weighted by atomic mass is 9.97. The lowest BCUT2D eigenvalue weighted by Gasteiger charge is -2.19. The maximum absolute atomic E-state index is 12.0. The first kappa shape index (κ1) is 34.7. The number of halogens is 1. The molecule has 242 valence electrons. The zero-order chi connectivity index (χ0) is 33.8. The highest BCUT2D eigenvalue weighted by atomic mass is 35.5. The molecule has 4 rings (SSSR count). The standard InChI is InChI=1S/C32H30ClN7O6S/c33-21-5-1-20(2-6-21)31-39-22(15-45-31)18-47-32-26(14-37)29(25(13-36)30(38)40-32)19-3-7-23(8-4-19)43-16-24(46-28(42)10-12-35)17-44-27(41)9-11-34/h1-8,15,24H,9-12,16-18,34-35H2,(H2,38,40). The van der Waals surface area contributed by atoms with Crippen LogP contribution in [0.25, 0.3) is 22.6 Å². The average molecular weight is 676 g/mol. The fourth-order valence-corrected chi connectivity index (χ4v) is 5.19. The number of anilines is 1. The van der Waals surface area contributed by atoms with E-state index in [4.69, 9.17) is 47.4 Å². The van der Waals surface area contributed by atoms with Gasteiger partial charge in [0.25, 0.3) is 0 Å². The molecule has 15 heteroatoms. The number of esters is 2. The quantitative estimate of drug-likeness (QED) is 0.118. The minimum absolute atomic E-state index is 0.0111. The van der Waals surface area contributed by atoms with Crippen molar-refractivity contribution in [3.63, 3.8) is 0 Å². The van der Waals surface area contributed by atoms with Crippen LogP contribution in [0.5, 0.6) is 5.75 Å². The second-order valence-electron chi connectivity index (χ2n) is 9.80. The zero-order valence-corrected chi connectivity index (χ0v) is 26.6. The summed E-state index contributed by atoms with van der Waals surface area (Å²) in [5.41, 5.74) is 19.4. The molecule has 0 fully saturated rings. The number of nitriles is 2. The van der Waals surface area contributed by atoms with Crippen LogP contribution in [0.2, 0.25) is 5.02 Å². The van der Waals surface area contributed by atoms with Crippen molar-refractivity contribution < 1.29 is 28.2 Å². The number of ether oxygens (including phenoxy) is 3. The molecule has 0 saturated carbocycles. The SMILES string of the molecule is N#Cc1c(N)nc(SCc2coc(-c3ccc(Cl)cc3)n2)c(C#N)c1-c1ccc(OCC(COC(=O)CCN)OC(=O)CCN)cc1. The topological polar surface area (TPSA) is 226 Å². The van der Waals surface area contributed by atoms with Gasteiger partial charge in [-0.2, -0.15) is 10.5 Å². The van der Waals surface area contributed by atoms with Crippen molar-refractivity contribution in [3.05, 3.63) is 76.6 Å². The highest BCUT2D eigenvalue weighted by Gasteiger charge is 2.22. The third-order valence-electron chi connectivity index (χ3n) is 6.42. The number of hydrogen-bond donors (Lipinski definition) is 3. The van der Waals surface area contributed by atoms with Crippen LogP contribution in [0, 0.1) is 22.7 Å². The molecule has 2 aromatic heterocycles. The monoisotopic (exact) mass is 675 g/mol. The summed E-state index contributed by atoms with van der Waals surface area (Å²) in [5.74, 6) is -0.00366. The van der Waals surface area contributed by atoms with E-state index in [0.717, 1.165) is 5.56 Å². The smallest absolute Gasteiger partial charge is 0.307 e. The highest BCUT2D eigenvalue weighted by molar-refractivity contribution is 7.98. The van der Waals surface area contributed by atoms with E-state index in [9.17, 15) is 20.1 Å². The van der Waals surface area contributed by atoms with Crippen molar-refractivity contribution in [2.75, 3.05) is 32.0 Å². The van der Waals surface area contributed by atoms with Gasteiger partial charge in [0.15, 0.2) is 6.10 Å². The number of nitrogens with zero attached hydrogens (tertiary/aromatic N) is 4. The number of benzene rings is 2. The van der Waals surface area contributed by atoms with E-state index in [0.29, 0.717) is 44.3 Å². The lowest BCUT2D eigenvalue weighted by Crippen LogP contribution is -2.31. The maximum Gasteiger partial charge on any atom is 0.307 e. The summed E-state index contributed by atoms with van der Waals surface area (Å²) < 4.78 is 21.9. The number of carbonyl (C=O) groups excluding carboxylic acids is 2. The van der Waals surface area contributed by atoms with Gasteiger partial charge in [0, 0.05) is 35.0 Å². The van der Waals surface area contributed by atoms with Crippen LogP contribution in [0.1, 0.15) is 29.7 Å². The second-order valence-corrected chi connectivity index (χ2v) is 11.2. The molecule has 0 aliphatic carbocycles. The highest BCUT2D eigenvalue weighted by Crippen LogP contribution is 2.37. The molecule has 0 radical (unpaired) electrons. The van der Waals surface area contributed by atoms with Crippen LogP contribution in [0.15, 0.2) is 64.2 Å². The fraction of sp³-hybridized carbons (Fsp3) is 0.250. The Balaban J connectivity index is 1.51. The predicted molar refractivity (Wildman–Crippen MR) is 174 cm³/mol. The Labute approximate surface area is 279 Å². The maximum atomic E-state index is 12.0. The minimum atomic E-state index is -0.891. The van der Waals surface area contributed by atoms with E-state index in [-0.39, 0.29) is 56.1 Å². The molecule has 47 heavy (non-hydrogen) atoms. The molecular formula is C32H30ClN7O6S. The summed E-state index contributed by atoms with van der Waals surface area (Å²) in [5, 5.41) is 21.0. The van der Waals surface area contributed by atoms with Gasteiger partial charge in [0.2, 0.25) is 5.89 Å². The van der Waals surface area contributed by atoms with E-state index < -0.39 is 18.0 Å². The van der Waals surface area contributed by atoms with Gasteiger partial charge in [-0.25, -0.2) is 9.97 Å². The van der Waals surface area contributed by atoms with Crippen LogP contribution in [-0.4, -0.2) is 54.3 Å². The second kappa shape index (κ2) is 17.0. The van der Waals surface area contributed by atoms with Gasteiger partial charge < -0.3 is 35.8 Å². The molecule has 0 bridgehead atoms. The van der Waals surface area contributed by atoms with E-state index in [1.165, 1.54) is 18.0 Å². The van der Waals surface area contributed by atoms with Crippen molar-refractivity contribution in [2.45, 2.75) is 29.7 Å². The molecule has 0 aliphatic rings. The molecular weight excluding hydrogens is 646 g/mol. The largest absolute Gasteiger partial charge is 0.490 e. The molecule has 1 atom stereocenters. The van der Waals surface area contributed by atoms with Gasteiger partial charge in [0.1, 0.15) is 53.8 Å². The number of pyridine rings is 1. The number of aromatic nitrogens is 2. The van der Waals surface area contributed by atoms with Gasteiger partial charge in [-0.15, -0.1) is 0 Å². The molecule has 0 amide bonds. The third kappa shape index (κ3) is 9.45. The number of nitrogens with two attached hydrogens (primary N) is 3. The van der Waals surface area contributed by atoms with Gasteiger partial charge in [-0.3, -0.25) is 9.59 Å². The van der Waals surface area contributed by atoms with Crippen LogP contribution in [-0.2, 0) is 24.8 Å². The Morgan fingerprint density at radius 3 is 2.23 bits per heavy atom. The molecule has 6 N–H and O–H groups in total. The molecule has 4 aromatic rings. The molecule has 0 spiro atoms. The van der Waals surface area contributed by atoms with E-state index in [1.807, 2.05) is 0 Å². The summed E-state index contributed by atoms with van der Waals surface area (Å²) in [6.45, 7) is -0.125. The first-order chi connectivity index (χ1) is 22.8. The predicted octanol–water partition coefficient (Wildman–Crippen LogP) is 4.21. The summed E-state index contributed by atoms with van der Waals surface area (Å²) in [4.78, 5) is 32.6. The van der Waals surface area contributed by atoms with Crippen molar-refractivity contribution in [1.82, 2.24) is 9.97 Å². The molecule has 1 unspecified atom stereocenters. The number of oxazole rings is 1. The third-order valence-corrected chi connectivity index (χ3v) is 7.68. The van der Waals surface area contributed by atoms with Gasteiger partial charge in [0.05, 0.1) is 24.1 Å². The summed E-state index contributed by atoms with van der Waals surface area (Å²) in [6.07, 6.45) is 0.635. The number of carbonyl (C=O) groups is 2. The average Bonchev–Trinajstić information content (AvgIpc) is 3.54. The van der Waals surface area contributed by atoms with Gasteiger partial charge in [-0.1, -0.05) is 35.5 Å². The normalized spacial score (nSPS) is 11.3. The zero-order valence-electron chi connectivity index (χ0n) is 25.0. The Morgan fingerprint density at radius 2 is 1.57 bits per heavy atom. The molecule has 0 saturated heterocycles. The molecule has 2 aromatic carbocycles. The summed E-state index contributed by atoms with van der Waals surface area (Å²) in [7, 11) is 0. The Kier molecular flexibility index (Phi) is 12.6. The first-order valence-electron chi connectivity index (χ1n) is 14.2. The molecule has 2 heterocycles. The Hall–Kier alpha value is -5.12. The van der Waals surface area contributed by atoms with Crippen molar-refractivity contribution in [2.24, 2.45) is 11.5 Å². The van der Waals surface area contributed by atoms with Crippen molar-refractivity contribution >= 4 is 41.1 Å². The van der Waals surface area contributed by atoms with Crippen LogP contribution in [0.3, 0.4) is 0 Å². The lowest BCUT2D eigenvalue weighted by molar-refractivity contribution is -0.160. The number of hydrogen-bond acceptors (Lipinski definition) is 14. The number of thioether (sulfide) groups is 1.